The van der Waals surface area contributed by atoms with E-state index >= 15 is 0 Å². The predicted octanol–water partition coefficient (Wildman–Crippen LogP) is 3.81. The van der Waals surface area contributed by atoms with Crippen LogP contribution in [-0.2, 0) is 11.2 Å². The van der Waals surface area contributed by atoms with Gasteiger partial charge >= 0.3 is 12.1 Å². The number of hydrogen-bond donors (Lipinski definition) is 1. The molecule has 0 spiro atoms. The molecule has 1 aromatic carbocycles. The summed E-state index contributed by atoms with van der Waals surface area (Å²) in [7, 11) is 0. The van der Waals surface area contributed by atoms with E-state index in [0.717, 1.165) is 6.07 Å². The molecule has 0 saturated heterocycles. The van der Waals surface area contributed by atoms with E-state index in [-0.39, 0.29) is 17.9 Å². The Hall–Kier alpha value is -1.18. The first-order chi connectivity index (χ1) is 8.63. The minimum Gasteiger partial charge on any atom is -0.326 e. The van der Waals surface area contributed by atoms with Crippen LogP contribution < -0.4 is 5.32 Å². The molecule has 104 valence electrons. The fraction of sp³-hybridized carbons (Fsp3) is 0.364. The molecule has 1 atom stereocenters. The lowest BCUT2D eigenvalue weighted by Crippen LogP contribution is -2.39. The molecule has 8 heteroatoms. The fourth-order valence-corrected chi connectivity index (χ4v) is 2.30. The number of amides is 1. The first-order valence-corrected chi connectivity index (χ1v) is 6.06. The number of alkyl halides is 6. The maximum Gasteiger partial charge on any atom is 0.454 e. The molecule has 0 fully saturated rings. The Balaban J connectivity index is 2.34. The highest BCUT2D eigenvalue weighted by Gasteiger charge is 2.62. The van der Waals surface area contributed by atoms with Crippen LogP contribution in [0.5, 0.6) is 0 Å². The summed E-state index contributed by atoms with van der Waals surface area (Å²) in [6.45, 7) is 0. The molecule has 0 radical (unpaired) electrons. The number of fused-ring (bicyclic) bond motifs is 1. The van der Waals surface area contributed by atoms with E-state index in [0.29, 0.717) is 11.3 Å². The Morgan fingerprint density at radius 1 is 1.21 bits per heavy atom. The number of hydrogen-bond acceptors (Lipinski definition) is 1. The van der Waals surface area contributed by atoms with Gasteiger partial charge < -0.3 is 5.32 Å². The Kier molecular flexibility index (Phi) is 3.32. The summed E-state index contributed by atoms with van der Waals surface area (Å²) in [6.07, 6.45) is -5.67. The molecule has 0 aromatic heterocycles. The molecule has 0 bridgehead atoms. The largest absolute Gasteiger partial charge is 0.454 e. The minimum atomic E-state index is -5.64. The Morgan fingerprint density at radius 2 is 1.84 bits per heavy atom. The summed E-state index contributed by atoms with van der Waals surface area (Å²) in [4.78, 5) is 8.89. The van der Waals surface area contributed by atoms with E-state index < -0.39 is 16.9 Å². The van der Waals surface area contributed by atoms with Crippen molar-refractivity contribution in [3.8, 4) is 0 Å². The second-order valence-electron chi connectivity index (χ2n) is 4.12. The summed E-state index contributed by atoms with van der Waals surface area (Å²) in [5.41, 5.74) is 0.617. The molecular weight excluding hydrogens is 337 g/mol. The number of anilines is 1. The zero-order valence-electron chi connectivity index (χ0n) is 9.19. The van der Waals surface area contributed by atoms with Crippen LogP contribution >= 0.6 is 15.9 Å². The zero-order chi connectivity index (χ0) is 14.4. The van der Waals surface area contributed by atoms with Crippen molar-refractivity contribution in [3.63, 3.8) is 0 Å². The van der Waals surface area contributed by atoms with Crippen molar-refractivity contribution >= 4 is 27.5 Å². The number of benzene rings is 1. The summed E-state index contributed by atoms with van der Waals surface area (Å²) in [5, 5.41) is 2.47. The molecular formula is C11H7BrF5NO. The Morgan fingerprint density at radius 3 is 2.42 bits per heavy atom. The highest BCUT2D eigenvalue weighted by Crippen LogP contribution is 2.49. The van der Waals surface area contributed by atoms with Crippen LogP contribution in [0.3, 0.4) is 0 Å². The Bertz CT molecular complexity index is 528. The average molecular weight is 344 g/mol. The fourth-order valence-electron chi connectivity index (χ4n) is 1.76. The van der Waals surface area contributed by atoms with Crippen LogP contribution in [0.4, 0.5) is 27.6 Å². The van der Waals surface area contributed by atoms with Crippen LogP contribution in [-0.4, -0.2) is 18.0 Å². The summed E-state index contributed by atoms with van der Waals surface area (Å²) in [6, 6.07) is 3.62. The lowest BCUT2D eigenvalue weighted by Gasteiger charge is -2.25. The highest BCUT2D eigenvalue weighted by molar-refractivity contribution is 9.09. The van der Waals surface area contributed by atoms with Crippen molar-refractivity contribution in [2.75, 3.05) is 5.32 Å². The van der Waals surface area contributed by atoms with Gasteiger partial charge in [-0.2, -0.15) is 22.0 Å². The quantitative estimate of drug-likeness (QED) is 0.642. The smallest absolute Gasteiger partial charge is 0.326 e. The normalized spacial score (nSPS) is 17.1. The van der Waals surface area contributed by atoms with Gasteiger partial charge in [-0.15, -0.1) is 0 Å². The first-order valence-electron chi connectivity index (χ1n) is 5.14. The molecule has 1 amide bonds. The van der Waals surface area contributed by atoms with Gasteiger partial charge in [0.05, 0.1) is 6.42 Å². The van der Waals surface area contributed by atoms with Crippen molar-refractivity contribution < 1.29 is 26.7 Å². The molecule has 1 N–H and O–H groups in total. The summed E-state index contributed by atoms with van der Waals surface area (Å²) >= 11 is 2.39. The van der Waals surface area contributed by atoms with Crippen LogP contribution in [0, 0.1) is 0 Å². The standard InChI is InChI=1S/C11H7BrF5NO/c12-9(10(13,14)11(15,16)17)5-1-2-7-6(3-5)4-8(19)18-7/h1-3,9H,4H2,(H,18,19). The molecule has 1 unspecified atom stereocenters. The summed E-state index contributed by atoms with van der Waals surface area (Å²) in [5.74, 6) is -5.21. The predicted molar refractivity (Wildman–Crippen MR) is 61.4 cm³/mol. The van der Waals surface area contributed by atoms with E-state index in [1.54, 1.807) is 0 Å². The molecule has 1 aliphatic rings. The minimum absolute atomic E-state index is 0.0273. The second kappa shape index (κ2) is 4.43. The van der Waals surface area contributed by atoms with Gasteiger partial charge in [0, 0.05) is 5.69 Å². The van der Waals surface area contributed by atoms with Crippen molar-refractivity contribution in [1.82, 2.24) is 0 Å². The second-order valence-corrected chi connectivity index (χ2v) is 5.04. The van der Waals surface area contributed by atoms with E-state index in [9.17, 15) is 26.7 Å². The molecule has 19 heavy (non-hydrogen) atoms. The number of carbonyl (C=O) groups is 1. The number of carbonyl (C=O) groups excluding carboxylic acids is 1. The third-order valence-electron chi connectivity index (χ3n) is 2.74. The molecule has 1 heterocycles. The van der Waals surface area contributed by atoms with Gasteiger partial charge in [0.15, 0.2) is 0 Å². The monoisotopic (exact) mass is 343 g/mol. The van der Waals surface area contributed by atoms with Gasteiger partial charge in [-0.1, -0.05) is 28.1 Å². The molecule has 0 saturated carbocycles. The molecule has 1 aromatic rings. The number of nitrogens with one attached hydrogen (secondary N) is 1. The van der Waals surface area contributed by atoms with Gasteiger partial charge in [-0.05, 0) is 17.2 Å². The van der Waals surface area contributed by atoms with Gasteiger partial charge in [0.2, 0.25) is 5.91 Å². The topological polar surface area (TPSA) is 29.1 Å². The van der Waals surface area contributed by atoms with Gasteiger partial charge in [-0.25, -0.2) is 0 Å². The molecule has 2 rings (SSSR count). The van der Waals surface area contributed by atoms with Gasteiger partial charge in [-0.3, -0.25) is 4.79 Å². The maximum atomic E-state index is 13.2. The van der Waals surface area contributed by atoms with E-state index in [1.807, 2.05) is 0 Å². The van der Waals surface area contributed by atoms with Crippen LogP contribution in [0.25, 0.3) is 0 Å². The maximum absolute atomic E-state index is 13.2. The molecule has 2 nitrogen and oxygen atoms in total. The van der Waals surface area contributed by atoms with Crippen molar-refractivity contribution in [2.45, 2.75) is 23.3 Å². The lowest BCUT2D eigenvalue weighted by atomic mass is 10.0. The lowest BCUT2D eigenvalue weighted by molar-refractivity contribution is -0.281. The summed E-state index contributed by atoms with van der Waals surface area (Å²) < 4.78 is 63.1. The van der Waals surface area contributed by atoms with Crippen molar-refractivity contribution in [3.05, 3.63) is 29.3 Å². The average Bonchev–Trinajstić information content (AvgIpc) is 2.65. The van der Waals surface area contributed by atoms with Crippen LogP contribution in [0.2, 0.25) is 0 Å². The number of rotatable bonds is 2. The number of halogens is 6. The van der Waals surface area contributed by atoms with Crippen molar-refractivity contribution in [2.24, 2.45) is 0 Å². The zero-order valence-corrected chi connectivity index (χ0v) is 10.8. The third kappa shape index (κ3) is 2.45. The van der Waals surface area contributed by atoms with E-state index in [4.69, 9.17) is 0 Å². The van der Waals surface area contributed by atoms with Gasteiger partial charge in [0.1, 0.15) is 4.83 Å². The third-order valence-corrected chi connectivity index (χ3v) is 3.85. The van der Waals surface area contributed by atoms with Crippen LogP contribution in [0.1, 0.15) is 16.0 Å². The SMILES string of the molecule is O=C1Cc2cc(C(Br)C(F)(F)C(F)(F)F)ccc2N1. The van der Waals surface area contributed by atoms with Crippen LogP contribution in [0.15, 0.2) is 18.2 Å². The molecule has 0 aliphatic carbocycles. The van der Waals surface area contributed by atoms with Gasteiger partial charge in [0.25, 0.3) is 0 Å². The van der Waals surface area contributed by atoms with Crippen molar-refractivity contribution in [1.29, 1.82) is 0 Å². The first kappa shape index (κ1) is 14.2. The Labute approximate surface area is 113 Å². The molecule has 1 aliphatic heterocycles. The van der Waals surface area contributed by atoms with E-state index in [2.05, 4.69) is 21.2 Å². The van der Waals surface area contributed by atoms with E-state index in [1.165, 1.54) is 12.1 Å². The highest BCUT2D eigenvalue weighted by atomic mass is 79.9.